The summed E-state index contributed by atoms with van der Waals surface area (Å²) in [5.41, 5.74) is 2.12. The lowest BCUT2D eigenvalue weighted by atomic mass is 10.1. The zero-order valence-electron chi connectivity index (χ0n) is 14.5. The van der Waals surface area contributed by atoms with Crippen molar-refractivity contribution in [2.75, 3.05) is 18.9 Å². The van der Waals surface area contributed by atoms with Crippen LogP contribution in [0.4, 0.5) is 0 Å². The van der Waals surface area contributed by atoms with Crippen molar-refractivity contribution in [2.45, 2.75) is 24.0 Å². The summed E-state index contributed by atoms with van der Waals surface area (Å²) in [7, 11) is 0. The van der Waals surface area contributed by atoms with Crippen LogP contribution in [0.15, 0.2) is 41.0 Å². The van der Waals surface area contributed by atoms with Crippen LogP contribution in [-0.2, 0) is 9.53 Å². The Balaban J connectivity index is 1.49. The van der Waals surface area contributed by atoms with Crippen molar-refractivity contribution in [3.05, 3.63) is 41.0 Å². The molecule has 0 radical (unpaired) electrons. The normalized spacial score (nSPS) is 16.7. The van der Waals surface area contributed by atoms with Crippen LogP contribution in [0.3, 0.4) is 0 Å². The highest BCUT2D eigenvalue weighted by molar-refractivity contribution is 8.00. The number of aromatic nitrogens is 2. The van der Waals surface area contributed by atoms with Gasteiger partial charge in [0, 0.05) is 29.1 Å². The van der Waals surface area contributed by atoms with Gasteiger partial charge in [0.05, 0.1) is 17.2 Å². The molecule has 1 N–H and O–H groups in total. The average Bonchev–Trinajstić information content (AvgIpc) is 3.35. The van der Waals surface area contributed by atoms with E-state index in [1.165, 1.54) is 11.8 Å². The minimum atomic E-state index is -0.00876. The lowest BCUT2D eigenvalue weighted by molar-refractivity contribution is -0.119. The van der Waals surface area contributed by atoms with E-state index in [1.54, 1.807) is 17.7 Å². The summed E-state index contributed by atoms with van der Waals surface area (Å²) in [5.74, 6) is 0.305. The minimum absolute atomic E-state index is 0.00876. The standard InChI is InChI=1S/C19H18ClN3O2S2/c20-13-5-3-12(4-6-13)15-9-26-18-17(15)19(23-11-22-18)27-10-16(24)21-8-14-2-1-7-25-14/h3-6,9,11,14H,1-2,7-8,10H2,(H,21,24)/t14-/m1/s1. The highest BCUT2D eigenvalue weighted by atomic mass is 35.5. The van der Waals surface area contributed by atoms with Crippen LogP contribution in [0.5, 0.6) is 0 Å². The van der Waals surface area contributed by atoms with Crippen molar-refractivity contribution in [3.63, 3.8) is 0 Å². The second-order valence-corrected chi connectivity index (χ2v) is 8.50. The number of fused-ring (bicyclic) bond motifs is 1. The Morgan fingerprint density at radius 2 is 2.19 bits per heavy atom. The molecule has 0 saturated carbocycles. The van der Waals surface area contributed by atoms with E-state index in [-0.39, 0.29) is 12.0 Å². The maximum absolute atomic E-state index is 12.2. The molecule has 1 atom stereocenters. The van der Waals surface area contributed by atoms with Crippen molar-refractivity contribution >= 4 is 50.8 Å². The van der Waals surface area contributed by atoms with Crippen molar-refractivity contribution in [2.24, 2.45) is 0 Å². The summed E-state index contributed by atoms with van der Waals surface area (Å²) in [4.78, 5) is 21.9. The van der Waals surface area contributed by atoms with Crippen LogP contribution in [0.1, 0.15) is 12.8 Å². The largest absolute Gasteiger partial charge is 0.376 e. The van der Waals surface area contributed by atoms with Crippen molar-refractivity contribution in [1.29, 1.82) is 0 Å². The number of carbonyl (C=O) groups is 1. The lowest BCUT2D eigenvalue weighted by Gasteiger charge is -2.10. The maximum Gasteiger partial charge on any atom is 0.230 e. The molecule has 0 unspecified atom stereocenters. The van der Waals surface area contributed by atoms with Crippen molar-refractivity contribution < 1.29 is 9.53 Å². The predicted molar refractivity (Wildman–Crippen MR) is 111 cm³/mol. The molecule has 4 rings (SSSR count). The third-order valence-electron chi connectivity index (χ3n) is 4.38. The first-order chi connectivity index (χ1) is 13.2. The number of rotatable bonds is 6. The molecule has 8 heteroatoms. The Morgan fingerprint density at radius 1 is 1.33 bits per heavy atom. The summed E-state index contributed by atoms with van der Waals surface area (Å²) in [5, 5.41) is 7.53. The number of thioether (sulfide) groups is 1. The summed E-state index contributed by atoms with van der Waals surface area (Å²) in [6, 6.07) is 7.71. The molecule has 140 valence electrons. The third-order valence-corrected chi connectivity index (χ3v) is 6.51. The molecule has 2 aromatic heterocycles. The quantitative estimate of drug-likeness (QED) is 0.474. The monoisotopic (exact) mass is 419 g/mol. The van der Waals surface area contributed by atoms with E-state index < -0.39 is 0 Å². The molecule has 1 fully saturated rings. The first-order valence-corrected chi connectivity index (χ1v) is 10.9. The van der Waals surface area contributed by atoms with Gasteiger partial charge >= 0.3 is 0 Å². The van der Waals surface area contributed by atoms with E-state index in [2.05, 4.69) is 20.7 Å². The number of nitrogens with one attached hydrogen (secondary N) is 1. The van der Waals surface area contributed by atoms with Gasteiger partial charge in [0.1, 0.15) is 16.2 Å². The molecule has 3 aromatic rings. The molecule has 0 spiro atoms. The molecule has 1 saturated heterocycles. The van der Waals surface area contributed by atoms with Gasteiger partial charge < -0.3 is 10.1 Å². The maximum atomic E-state index is 12.2. The number of nitrogens with zero attached hydrogens (tertiary/aromatic N) is 2. The zero-order valence-corrected chi connectivity index (χ0v) is 16.9. The van der Waals surface area contributed by atoms with Gasteiger partial charge in [0.15, 0.2) is 0 Å². The molecule has 27 heavy (non-hydrogen) atoms. The van der Waals surface area contributed by atoms with Crippen LogP contribution in [0.25, 0.3) is 21.3 Å². The second kappa shape index (κ2) is 8.56. The van der Waals surface area contributed by atoms with Crippen LogP contribution >= 0.6 is 34.7 Å². The number of carbonyl (C=O) groups excluding carboxylic acids is 1. The topological polar surface area (TPSA) is 64.1 Å². The summed E-state index contributed by atoms with van der Waals surface area (Å²) in [6.07, 6.45) is 3.79. The van der Waals surface area contributed by atoms with Crippen LogP contribution in [0.2, 0.25) is 5.02 Å². The Kier molecular flexibility index (Phi) is 5.92. The summed E-state index contributed by atoms with van der Waals surface area (Å²) >= 11 is 9.01. The van der Waals surface area contributed by atoms with Crippen molar-refractivity contribution in [1.82, 2.24) is 15.3 Å². The van der Waals surface area contributed by atoms with Crippen molar-refractivity contribution in [3.8, 4) is 11.1 Å². The van der Waals surface area contributed by atoms with Gasteiger partial charge in [0.2, 0.25) is 5.91 Å². The van der Waals surface area contributed by atoms with Crippen LogP contribution in [0, 0.1) is 0 Å². The van der Waals surface area contributed by atoms with Gasteiger partial charge in [-0.15, -0.1) is 11.3 Å². The van der Waals surface area contributed by atoms with Gasteiger partial charge in [-0.05, 0) is 30.5 Å². The number of amides is 1. The third kappa shape index (κ3) is 4.43. The fraction of sp³-hybridized carbons (Fsp3) is 0.316. The first-order valence-electron chi connectivity index (χ1n) is 8.70. The Hall–Kier alpha value is -1.67. The van der Waals surface area contributed by atoms with Gasteiger partial charge in [-0.3, -0.25) is 4.79 Å². The number of halogens is 1. The summed E-state index contributed by atoms with van der Waals surface area (Å²) < 4.78 is 5.54. The molecule has 1 aromatic carbocycles. The number of hydrogen-bond acceptors (Lipinski definition) is 6. The fourth-order valence-corrected chi connectivity index (χ4v) is 4.97. The predicted octanol–water partition coefficient (Wildman–Crippen LogP) is 4.40. The molecule has 5 nitrogen and oxygen atoms in total. The smallest absolute Gasteiger partial charge is 0.230 e. The highest BCUT2D eigenvalue weighted by Crippen LogP contribution is 2.38. The van der Waals surface area contributed by atoms with Gasteiger partial charge in [-0.25, -0.2) is 9.97 Å². The number of ether oxygens (including phenoxy) is 1. The Bertz CT molecular complexity index is 940. The van der Waals surface area contributed by atoms with E-state index in [0.29, 0.717) is 17.3 Å². The SMILES string of the molecule is O=C(CSc1ncnc2scc(-c3ccc(Cl)cc3)c12)NC[C@H]1CCCO1. The van der Waals surface area contributed by atoms with E-state index in [4.69, 9.17) is 16.3 Å². The lowest BCUT2D eigenvalue weighted by Crippen LogP contribution is -2.32. The Labute approximate surface area is 170 Å². The molecule has 1 amide bonds. The average molecular weight is 420 g/mol. The number of benzene rings is 1. The van der Waals surface area contributed by atoms with E-state index in [9.17, 15) is 4.79 Å². The Morgan fingerprint density at radius 3 is 2.96 bits per heavy atom. The van der Waals surface area contributed by atoms with Gasteiger partial charge in [-0.1, -0.05) is 35.5 Å². The van der Waals surface area contributed by atoms with Gasteiger partial charge in [-0.2, -0.15) is 0 Å². The van der Waals surface area contributed by atoms with Gasteiger partial charge in [0.25, 0.3) is 0 Å². The highest BCUT2D eigenvalue weighted by Gasteiger charge is 2.17. The molecule has 1 aliphatic heterocycles. The molecule has 0 bridgehead atoms. The fourth-order valence-electron chi connectivity index (χ4n) is 3.02. The molecule has 1 aliphatic rings. The molecular weight excluding hydrogens is 402 g/mol. The minimum Gasteiger partial charge on any atom is -0.376 e. The molecular formula is C19H18ClN3O2S2. The zero-order chi connectivity index (χ0) is 18.6. The molecule has 3 heterocycles. The van der Waals surface area contributed by atoms with E-state index >= 15 is 0 Å². The second-order valence-electron chi connectivity index (χ2n) is 6.24. The van der Waals surface area contributed by atoms with E-state index in [1.807, 2.05) is 24.3 Å². The number of thiophene rings is 1. The molecule has 0 aliphatic carbocycles. The number of hydrogen-bond donors (Lipinski definition) is 1. The van der Waals surface area contributed by atoms with E-state index in [0.717, 1.165) is 45.8 Å². The van der Waals surface area contributed by atoms with Crippen LogP contribution < -0.4 is 5.32 Å². The first kappa shape index (κ1) is 18.7. The summed E-state index contributed by atoms with van der Waals surface area (Å²) in [6.45, 7) is 1.37. The van der Waals surface area contributed by atoms with Crippen LogP contribution in [-0.4, -0.2) is 40.9 Å².